The van der Waals surface area contributed by atoms with Gasteiger partial charge >= 0.3 is 11.9 Å². The number of hydrogen-bond acceptors (Lipinski definition) is 6. The highest BCUT2D eigenvalue weighted by Gasteiger charge is 2.14. The van der Waals surface area contributed by atoms with Crippen LogP contribution in [0.15, 0.2) is 53.4 Å². The zero-order chi connectivity index (χ0) is 19.6. The Hall–Kier alpha value is -2.87. The van der Waals surface area contributed by atoms with Crippen molar-refractivity contribution in [1.82, 2.24) is 0 Å². The summed E-state index contributed by atoms with van der Waals surface area (Å²) < 4.78 is 22.4. The van der Waals surface area contributed by atoms with Crippen molar-refractivity contribution in [2.45, 2.75) is 11.3 Å². The smallest absolute Gasteiger partial charge is 0.339 e. The second kappa shape index (κ2) is 10.3. The maximum atomic E-state index is 12.8. The van der Waals surface area contributed by atoms with E-state index in [-0.39, 0.29) is 23.5 Å². The fraction of sp³-hybridized carbons (Fsp3) is 0.211. The Morgan fingerprint density at radius 2 is 1.78 bits per heavy atom. The lowest BCUT2D eigenvalue weighted by molar-refractivity contribution is -0.146. The van der Waals surface area contributed by atoms with Gasteiger partial charge in [-0.2, -0.15) is 0 Å². The third-order valence-corrected chi connectivity index (χ3v) is 4.37. The summed E-state index contributed by atoms with van der Waals surface area (Å²) in [6.45, 7) is -0.463. The molecule has 1 N–H and O–H groups in total. The van der Waals surface area contributed by atoms with E-state index in [1.165, 1.54) is 37.1 Å². The van der Waals surface area contributed by atoms with Gasteiger partial charge in [0.05, 0.1) is 24.8 Å². The van der Waals surface area contributed by atoms with Gasteiger partial charge < -0.3 is 14.8 Å². The van der Waals surface area contributed by atoms with E-state index < -0.39 is 24.5 Å². The van der Waals surface area contributed by atoms with Crippen molar-refractivity contribution in [3.05, 3.63) is 59.9 Å². The van der Waals surface area contributed by atoms with Crippen LogP contribution in [-0.4, -0.2) is 37.3 Å². The first-order valence-electron chi connectivity index (χ1n) is 8.01. The molecule has 0 heterocycles. The van der Waals surface area contributed by atoms with Gasteiger partial charge in [-0.15, -0.1) is 11.8 Å². The number of nitrogens with one attached hydrogen (secondary N) is 1. The number of halogens is 1. The normalized spacial score (nSPS) is 10.1. The molecule has 0 atom stereocenters. The van der Waals surface area contributed by atoms with Crippen molar-refractivity contribution in [3.8, 4) is 0 Å². The first-order chi connectivity index (χ1) is 13.0. The van der Waals surface area contributed by atoms with Gasteiger partial charge in [0, 0.05) is 10.6 Å². The molecule has 0 radical (unpaired) electrons. The van der Waals surface area contributed by atoms with Crippen molar-refractivity contribution in [3.63, 3.8) is 0 Å². The zero-order valence-electron chi connectivity index (χ0n) is 14.6. The standard InChI is InChI=1S/C19H18FNO5S/c1-25-19(24)15-4-2-3-5-16(15)21-17(22)12-26-18(23)10-11-27-14-8-6-13(20)7-9-14/h2-9H,10-12H2,1H3,(H,21,22). The number of esters is 2. The van der Waals surface area contributed by atoms with E-state index in [9.17, 15) is 18.8 Å². The molecule has 1 amide bonds. The predicted molar refractivity (Wildman–Crippen MR) is 99.1 cm³/mol. The lowest BCUT2D eigenvalue weighted by Gasteiger charge is -2.10. The van der Waals surface area contributed by atoms with Crippen molar-refractivity contribution in [1.29, 1.82) is 0 Å². The van der Waals surface area contributed by atoms with E-state index in [0.29, 0.717) is 5.75 Å². The maximum Gasteiger partial charge on any atom is 0.339 e. The number of ether oxygens (including phenoxy) is 2. The van der Waals surface area contributed by atoms with E-state index in [1.807, 2.05) is 0 Å². The highest BCUT2D eigenvalue weighted by atomic mass is 32.2. The van der Waals surface area contributed by atoms with Gasteiger partial charge in [-0.1, -0.05) is 12.1 Å². The van der Waals surface area contributed by atoms with Gasteiger partial charge in [-0.05, 0) is 36.4 Å². The van der Waals surface area contributed by atoms with E-state index in [0.717, 1.165) is 4.90 Å². The van der Waals surface area contributed by atoms with Crippen molar-refractivity contribution in [2.75, 3.05) is 24.8 Å². The second-order valence-electron chi connectivity index (χ2n) is 5.30. The molecule has 0 saturated carbocycles. The van der Waals surface area contributed by atoms with Crippen molar-refractivity contribution in [2.24, 2.45) is 0 Å². The molecule has 142 valence electrons. The Bertz CT molecular complexity index is 810. The monoisotopic (exact) mass is 391 g/mol. The summed E-state index contributed by atoms with van der Waals surface area (Å²) in [4.78, 5) is 36.1. The minimum Gasteiger partial charge on any atom is -0.465 e. The Morgan fingerprint density at radius 3 is 2.48 bits per heavy atom. The number of rotatable bonds is 8. The average molecular weight is 391 g/mol. The van der Waals surface area contributed by atoms with Crippen LogP contribution in [0.25, 0.3) is 0 Å². The Kier molecular flexibility index (Phi) is 7.81. The Morgan fingerprint density at radius 1 is 1.07 bits per heavy atom. The molecule has 0 unspecified atom stereocenters. The number of amides is 1. The minimum absolute atomic E-state index is 0.105. The average Bonchev–Trinajstić information content (AvgIpc) is 2.68. The number of hydrogen-bond donors (Lipinski definition) is 1. The molecule has 8 heteroatoms. The number of thioether (sulfide) groups is 1. The second-order valence-corrected chi connectivity index (χ2v) is 6.47. The molecule has 0 saturated heterocycles. The van der Waals surface area contributed by atoms with Gasteiger partial charge in [0.1, 0.15) is 5.82 Å². The predicted octanol–water partition coefficient (Wildman–Crippen LogP) is 3.28. The number of anilines is 1. The first kappa shape index (κ1) is 20.4. The van der Waals surface area contributed by atoms with Gasteiger partial charge in [-0.3, -0.25) is 9.59 Å². The molecular weight excluding hydrogens is 373 g/mol. The van der Waals surface area contributed by atoms with Crippen LogP contribution in [-0.2, 0) is 19.1 Å². The topological polar surface area (TPSA) is 81.7 Å². The molecule has 0 aliphatic heterocycles. The molecule has 0 aliphatic carbocycles. The molecule has 0 fully saturated rings. The zero-order valence-corrected chi connectivity index (χ0v) is 15.4. The summed E-state index contributed by atoms with van der Waals surface area (Å²) in [6, 6.07) is 12.3. The van der Waals surface area contributed by atoms with E-state index in [4.69, 9.17) is 4.74 Å². The minimum atomic E-state index is -0.583. The Balaban J connectivity index is 1.74. The lowest BCUT2D eigenvalue weighted by atomic mass is 10.2. The summed E-state index contributed by atoms with van der Waals surface area (Å²) in [7, 11) is 1.24. The third kappa shape index (κ3) is 6.74. The van der Waals surface area contributed by atoms with Gasteiger partial charge in [0.25, 0.3) is 5.91 Å². The third-order valence-electron chi connectivity index (χ3n) is 3.36. The molecule has 2 aromatic rings. The maximum absolute atomic E-state index is 12.8. The van der Waals surface area contributed by atoms with E-state index in [2.05, 4.69) is 10.1 Å². The van der Waals surface area contributed by atoms with Gasteiger partial charge in [0.15, 0.2) is 6.61 Å². The van der Waals surface area contributed by atoms with E-state index >= 15 is 0 Å². The van der Waals surface area contributed by atoms with Gasteiger partial charge in [-0.25, -0.2) is 9.18 Å². The SMILES string of the molecule is COC(=O)c1ccccc1NC(=O)COC(=O)CCSc1ccc(F)cc1. The van der Waals surface area contributed by atoms with Gasteiger partial charge in [0.2, 0.25) is 0 Å². The molecule has 0 aromatic heterocycles. The highest BCUT2D eigenvalue weighted by molar-refractivity contribution is 7.99. The largest absolute Gasteiger partial charge is 0.465 e. The van der Waals surface area contributed by atoms with Crippen molar-refractivity contribution < 1.29 is 28.2 Å². The molecule has 2 aromatic carbocycles. The molecule has 0 bridgehead atoms. The fourth-order valence-electron chi connectivity index (χ4n) is 2.07. The molecule has 27 heavy (non-hydrogen) atoms. The summed E-state index contributed by atoms with van der Waals surface area (Å²) in [6.07, 6.45) is 0.105. The highest BCUT2D eigenvalue weighted by Crippen LogP contribution is 2.19. The van der Waals surface area contributed by atoms with Crippen molar-refractivity contribution >= 4 is 35.3 Å². The van der Waals surface area contributed by atoms with Crippen LogP contribution in [0.1, 0.15) is 16.8 Å². The number of benzene rings is 2. The molecule has 6 nitrogen and oxygen atoms in total. The van der Waals surface area contributed by atoms with Crippen LogP contribution in [0.3, 0.4) is 0 Å². The number of methoxy groups -OCH3 is 1. The quantitative estimate of drug-likeness (QED) is 0.549. The van der Waals surface area contributed by atoms with Crippen LogP contribution < -0.4 is 5.32 Å². The molecule has 0 aliphatic rings. The molecular formula is C19H18FNO5S. The Labute approximate surface area is 160 Å². The van der Waals surface area contributed by atoms with Crippen LogP contribution in [0, 0.1) is 5.82 Å². The summed E-state index contributed by atoms with van der Waals surface area (Å²) in [5, 5.41) is 2.51. The first-order valence-corrected chi connectivity index (χ1v) is 8.99. The molecule has 2 rings (SSSR count). The summed E-state index contributed by atoms with van der Waals surface area (Å²) in [5.41, 5.74) is 0.479. The van der Waals surface area contributed by atoms with E-state index in [1.54, 1.807) is 30.3 Å². The van der Waals surface area contributed by atoms with Crippen LogP contribution in [0.2, 0.25) is 0 Å². The lowest BCUT2D eigenvalue weighted by Crippen LogP contribution is -2.22. The molecule has 0 spiro atoms. The number of carbonyl (C=O) groups is 3. The number of carbonyl (C=O) groups excluding carboxylic acids is 3. The van der Waals surface area contributed by atoms with Crippen LogP contribution in [0.5, 0.6) is 0 Å². The van der Waals surface area contributed by atoms with Crippen LogP contribution >= 0.6 is 11.8 Å². The van der Waals surface area contributed by atoms with Crippen LogP contribution in [0.4, 0.5) is 10.1 Å². The summed E-state index contributed by atoms with van der Waals surface area (Å²) in [5.74, 6) is -1.55. The number of para-hydroxylation sites is 1. The summed E-state index contributed by atoms with van der Waals surface area (Å²) >= 11 is 1.38. The fourth-order valence-corrected chi connectivity index (χ4v) is 2.90.